The molecular weight excluding hydrogens is 295 g/mol. The molecule has 0 aliphatic heterocycles. The Balaban J connectivity index is 3.59. The van der Waals surface area contributed by atoms with Gasteiger partial charge in [0.15, 0.2) is 0 Å². The fraction of sp³-hybridized carbons (Fsp3) is 0.538. The Bertz CT molecular complexity index is 450. The van der Waals surface area contributed by atoms with Gasteiger partial charge in [0.25, 0.3) is 0 Å². The van der Waals surface area contributed by atoms with E-state index in [1.54, 1.807) is 13.8 Å². The highest BCUT2D eigenvalue weighted by atomic mass is 19.4. The summed E-state index contributed by atoms with van der Waals surface area (Å²) < 4.78 is 77.0. The molecule has 8 heteroatoms. The summed E-state index contributed by atoms with van der Waals surface area (Å²) >= 11 is 0. The van der Waals surface area contributed by atoms with Crippen LogP contribution in [0.25, 0.3) is 0 Å². The minimum atomic E-state index is -4.85. The molecule has 1 radical (unpaired) electrons. The average Bonchev–Trinajstić information content (AvgIpc) is 2.39. The van der Waals surface area contributed by atoms with E-state index >= 15 is 0 Å². The van der Waals surface area contributed by atoms with Crippen molar-refractivity contribution >= 4 is 7.41 Å². The second-order valence-electron chi connectivity index (χ2n) is 4.82. The third kappa shape index (κ3) is 3.72. The van der Waals surface area contributed by atoms with Crippen LogP contribution < -0.4 is 5.64 Å². The number of hydrogen-bond acceptors (Lipinski definition) is 1. The third-order valence-corrected chi connectivity index (χ3v) is 3.74. The van der Waals surface area contributed by atoms with Gasteiger partial charge >= 0.3 is 12.4 Å². The lowest BCUT2D eigenvalue weighted by Crippen LogP contribution is -2.38. The molecule has 0 saturated carbocycles. The number of hydrogen-bond donors (Lipinski definition) is 1. The van der Waals surface area contributed by atoms with Gasteiger partial charge in [0.05, 0.1) is 11.1 Å². The van der Waals surface area contributed by atoms with Crippen LogP contribution in [0, 0.1) is 0 Å². The Morgan fingerprint density at radius 1 is 0.810 bits per heavy atom. The van der Waals surface area contributed by atoms with E-state index in [4.69, 9.17) is 5.64 Å². The first-order valence-electron chi connectivity index (χ1n) is 6.36. The molecule has 1 aromatic carbocycles. The lowest BCUT2D eigenvalue weighted by Gasteiger charge is -2.31. The summed E-state index contributed by atoms with van der Waals surface area (Å²) in [4.78, 5) is 0. The van der Waals surface area contributed by atoms with Gasteiger partial charge in [0.2, 0.25) is 7.41 Å². The van der Waals surface area contributed by atoms with Crippen molar-refractivity contribution in [2.24, 2.45) is 5.64 Å². The molecule has 0 spiro atoms. The van der Waals surface area contributed by atoms with E-state index in [-0.39, 0.29) is 11.6 Å². The van der Waals surface area contributed by atoms with Crippen molar-refractivity contribution in [3.05, 3.63) is 34.9 Å². The van der Waals surface area contributed by atoms with Crippen molar-refractivity contribution in [3.8, 4) is 0 Å². The molecule has 0 heterocycles. The van der Waals surface area contributed by atoms with E-state index in [9.17, 15) is 26.3 Å². The van der Waals surface area contributed by atoms with Crippen LogP contribution in [0.1, 0.15) is 43.4 Å². The zero-order valence-electron chi connectivity index (χ0n) is 11.6. The van der Waals surface area contributed by atoms with Gasteiger partial charge in [0.1, 0.15) is 0 Å². The predicted molar refractivity (Wildman–Crippen MR) is 68.6 cm³/mol. The van der Waals surface area contributed by atoms with Crippen LogP contribution in [0.2, 0.25) is 0 Å². The second-order valence-corrected chi connectivity index (χ2v) is 4.82. The van der Waals surface area contributed by atoms with Crippen LogP contribution in [0.3, 0.4) is 0 Å². The summed E-state index contributed by atoms with van der Waals surface area (Å²) in [5.41, 5.74) is 2.78. The van der Waals surface area contributed by atoms with E-state index < -0.39 is 28.8 Å². The first-order valence-corrected chi connectivity index (χ1v) is 6.36. The monoisotopic (exact) mass is 310 g/mol. The molecule has 1 nitrogen and oxygen atoms in total. The average molecular weight is 310 g/mol. The highest BCUT2D eigenvalue weighted by Gasteiger charge is 2.39. The molecule has 0 saturated heterocycles. The molecule has 0 aliphatic carbocycles. The Morgan fingerprint density at radius 2 is 1.14 bits per heavy atom. The van der Waals surface area contributed by atoms with E-state index in [0.717, 1.165) is 12.1 Å². The summed E-state index contributed by atoms with van der Waals surface area (Å²) in [7, 11) is 1.17. The molecular formula is C13H15BF6N. The first kappa shape index (κ1) is 17.9. The Kier molecular flexibility index (Phi) is 5.03. The molecule has 0 amide bonds. The number of halogens is 6. The van der Waals surface area contributed by atoms with E-state index in [2.05, 4.69) is 0 Å². The van der Waals surface area contributed by atoms with E-state index in [0.29, 0.717) is 12.8 Å². The molecule has 21 heavy (non-hydrogen) atoms. The van der Waals surface area contributed by atoms with Crippen molar-refractivity contribution in [2.75, 3.05) is 0 Å². The normalized spacial score (nSPS) is 13.4. The van der Waals surface area contributed by atoms with Crippen molar-refractivity contribution in [1.29, 1.82) is 0 Å². The van der Waals surface area contributed by atoms with Crippen molar-refractivity contribution in [2.45, 2.75) is 44.4 Å². The van der Waals surface area contributed by atoms with Gasteiger partial charge in [0, 0.05) is 0 Å². The summed E-state index contributed by atoms with van der Waals surface area (Å²) in [5.74, 6) is 0. The maximum Gasteiger partial charge on any atom is 0.416 e. The van der Waals surface area contributed by atoms with E-state index in [1.165, 1.54) is 7.41 Å². The predicted octanol–water partition coefficient (Wildman–Crippen LogP) is 4.32. The summed E-state index contributed by atoms with van der Waals surface area (Å²) in [6, 6.07) is 1.60. The Labute approximate surface area is 119 Å². The van der Waals surface area contributed by atoms with E-state index in [1.807, 2.05) is 0 Å². The van der Waals surface area contributed by atoms with Gasteiger partial charge in [-0.1, -0.05) is 26.7 Å². The standard InChI is InChI=1S/C13H15BF6N/c1-3-11(4-2,14-21)8-5-9(12(15,16)17)7-10(6-8)13(18,19)20/h5-7H,3-4,21H2,1-2H3. The molecule has 1 aromatic rings. The molecule has 0 bridgehead atoms. The van der Waals surface area contributed by atoms with Gasteiger partial charge in [-0.05, 0) is 29.1 Å². The molecule has 0 aromatic heterocycles. The summed E-state index contributed by atoms with van der Waals surface area (Å²) in [6.07, 6.45) is -9.09. The van der Waals surface area contributed by atoms with Crippen molar-refractivity contribution in [1.82, 2.24) is 0 Å². The molecule has 2 N–H and O–H groups in total. The van der Waals surface area contributed by atoms with Crippen LogP contribution >= 0.6 is 0 Å². The number of rotatable bonds is 4. The molecule has 117 valence electrons. The topological polar surface area (TPSA) is 26.0 Å². The highest BCUT2D eigenvalue weighted by molar-refractivity contribution is 6.36. The molecule has 0 aliphatic rings. The SMILES string of the molecule is CCC([B]N)(CC)c1cc(C(F)(F)F)cc(C(F)(F)F)c1. The third-order valence-electron chi connectivity index (χ3n) is 3.74. The van der Waals surface area contributed by atoms with Crippen LogP contribution in [0.4, 0.5) is 26.3 Å². The number of alkyl halides is 6. The lowest BCUT2D eigenvalue weighted by molar-refractivity contribution is -0.143. The van der Waals surface area contributed by atoms with Crippen molar-refractivity contribution < 1.29 is 26.3 Å². The minimum Gasteiger partial charge on any atom is -0.374 e. The zero-order valence-corrected chi connectivity index (χ0v) is 11.6. The van der Waals surface area contributed by atoms with Crippen LogP contribution in [-0.2, 0) is 17.7 Å². The Morgan fingerprint density at radius 3 is 1.38 bits per heavy atom. The fourth-order valence-corrected chi connectivity index (χ4v) is 2.23. The maximum atomic E-state index is 12.8. The molecule has 0 atom stereocenters. The van der Waals surface area contributed by atoms with Gasteiger partial charge < -0.3 is 5.64 Å². The zero-order chi connectivity index (χ0) is 16.5. The van der Waals surface area contributed by atoms with Gasteiger partial charge in [-0.25, -0.2) is 0 Å². The number of nitrogens with two attached hydrogens (primary N) is 1. The summed E-state index contributed by atoms with van der Waals surface area (Å²) in [6.45, 7) is 3.33. The smallest absolute Gasteiger partial charge is 0.374 e. The minimum absolute atomic E-state index is 0.0721. The van der Waals surface area contributed by atoms with Gasteiger partial charge in [-0.15, -0.1) is 0 Å². The maximum absolute atomic E-state index is 12.8. The largest absolute Gasteiger partial charge is 0.416 e. The fourth-order valence-electron chi connectivity index (χ4n) is 2.23. The first-order chi connectivity index (χ1) is 9.50. The highest BCUT2D eigenvalue weighted by Crippen LogP contribution is 2.40. The number of benzene rings is 1. The quantitative estimate of drug-likeness (QED) is 0.650. The summed E-state index contributed by atoms with van der Waals surface area (Å²) in [5, 5.41) is -1.01. The molecule has 1 rings (SSSR count). The van der Waals surface area contributed by atoms with Gasteiger partial charge in [-0.2, -0.15) is 26.3 Å². The van der Waals surface area contributed by atoms with Crippen LogP contribution in [-0.4, -0.2) is 7.41 Å². The van der Waals surface area contributed by atoms with Crippen molar-refractivity contribution in [3.63, 3.8) is 0 Å². The van der Waals surface area contributed by atoms with Crippen LogP contribution in [0.15, 0.2) is 18.2 Å². The molecule has 0 unspecified atom stereocenters. The van der Waals surface area contributed by atoms with Crippen LogP contribution in [0.5, 0.6) is 0 Å². The lowest BCUT2D eigenvalue weighted by atomic mass is 9.54. The second kappa shape index (κ2) is 5.91. The molecule has 0 fully saturated rings. The Hall–Kier alpha value is -1.18. The van der Waals surface area contributed by atoms with Gasteiger partial charge in [-0.3, -0.25) is 0 Å².